The molecule has 0 saturated heterocycles. The molecule has 2 rings (SSSR count). The smallest absolute Gasteiger partial charge is 0.224 e. The first-order valence-corrected chi connectivity index (χ1v) is 6.84. The molecular formula is C15H22N2O. The van der Waals surface area contributed by atoms with Crippen molar-refractivity contribution in [1.82, 2.24) is 0 Å². The topological polar surface area (TPSA) is 41.1 Å². The molecule has 1 aliphatic carbocycles. The highest BCUT2D eigenvalue weighted by Crippen LogP contribution is 2.34. The van der Waals surface area contributed by atoms with Crippen LogP contribution in [0.15, 0.2) is 24.3 Å². The van der Waals surface area contributed by atoms with Crippen LogP contribution < -0.4 is 10.6 Å². The molecular weight excluding hydrogens is 224 g/mol. The Bertz CT molecular complexity index is 413. The van der Waals surface area contributed by atoms with Gasteiger partial charge in [-0.25, -0.2) is 0 Å². The Labute approximate surface area is 109 Å². The summed E-state index contributed by atoms with van der Waals surface area (Å²) >= 11 is 0. The van der Waals surface area contributed by atoms with Crippen LogP contribution in [0.25, 0.3) is 0 Å². The van der Waals surface area contributed by atoms with Crippen LogP contribution in [0.3, 0.4) is 0 Å². The molecule has 0 radical (unpaired) electrons. The Morgan fingerprint density at radius 3 is 2.78 bits per heavy atom. The molecule has 3 nitrogen and oxygen atoms in total. The quantitative estimate of drug-likeness (QED) is 0.804. The number of hydrogen-bond acceptors (Lipinski definition) is 2. The summed E-state index contributed by atoms with van der Waals surface area (Å²) in [4.78, 5) is 11.3. The van der Waals surface area contributed by atoms with Crippen molar-refractivity contribution in [1.29, 1.82) is 0 Å². The molecule has 0 heterocycles. The molecule has 1 aromatic carbocycles. The lowest BCUT2D eigenvalue weighted by molar-refractivity contribution is -0.115. The van der Waals surface area contributed by atoms with E-state index in [-0.39, 0.29) is 5.91 Å². The Hall–Kier alpha value is -1.51. The molecule has 0 spiro atoms. The van der Waals surface area contributed by atoms with Gasteiger partial charge in [0, 0.05) is 23.8 Å². The van der Waals surface area contributed by atoms with Crippen LogP contribution in [-0.2, 0) is 4.79 Å². The van der Waals surface area contributed by atoms with Crippen molar-refractivity contribution in [3.8, 4) is 0 Å². The molecule has 0 bridgehead atoms. The largest absolute Gasteiger partial charge is 0.383 e. The van der Waals surface area contributed by atoms with Crippen molar-refractivity contribution in [2.24, 2.45) is 5.92 Å². The number of rotatable bonds is 6. The minimum Gasteiger partial charge on any atom is -0.383 e. The zero-order valence-corrected chi connectivity index (χ0v) is 11.2. The van der Waals surface area contributed by atoms with Gasteiger partial charge < -0.3 is 10.6 Å². The molecule has 0 aromatic heterocycles. The van der Waals surface area contributed by atoms with E-state index in [2.05, 4.69) is 17.6 Å². The van der Waals surface area contributed by atoms with Crippen LogP contribution in [-0.4, -0.2) is 11.9 Å². The molecule has 1 aliphatic rings. The third-order valence-corrected chi connectivity index (χ3v) is 3.26. The zero-order valence-electron chi connectivity index (χ0n) is 11.2. The maximum atomic E-state index is 11.3. The highest BCUT2D eigenvalue weighted by Gasteiger charge is 2.23. The number of benzene rings is 1. The highest BCUT2D eigenvalue weighted by molar-refractivity contribution is 5.90. The van der Waals surface area contributed by atoms with Crippen LogP contribution in [0.1, 0.15) is 39.5 Å². The number of anilines is 2. The first-order valence-electron chi connectivity index (χ1n) is 6.84. The summed E-state index contributed by atoms with van der Waals surface area (Å²) in [5.41, 5.74) is 1.95. The Morgan fingerprint density at radius 1 is 1.39 bits per heavy atom. The predicted molar refractivity (Wildman–Crippen MR) is 75.8 cm³/mol. The van der Waals surface area contributed by atoms with Crippen molar-refractivity contribution in [2.75, 3.05) is 10.6 Å². The molecule has 1 amide bonds. The van der Waals surface area contributed by atoms with E-state index in [4.69, 9.17) is 0 Å². The maximum Gasteiger partial charge on any atom is 0.224 e. The molecule has 1 aromatic rings. The van der Waals surface area contributed by atoms with Crippen molar-refractivity contribution >= 4 is 17.3 Å². The monoisotopic (exact) mass is 246 g/mol. The predicted octanol–water partition coefficient (Wildman–Crippen LogP) is 3.64. The van der Waals surface area contributed by atoms with E-state index in [1.165, 1.54) is 19.3 Å². The molecule has 98 valence electrons. The molecule has 0 aliphatic heterocycles. The van der Waals surface area contributed by atoms with Crippen molar-refractivity contribution in [2.45, 2.75) is 45.6 Å². The Kier molecular flexibility index (Phi) is 4.24. The second kappa shape index (κ2) is 5.89. The van der Waals surface area contributed by atoms with Gasteiger partial charge in [-0.1, -0.05) is 25.8 Å². The molecule has 3 heteroatoms. The van der Waals surface area contributed by atoms with Crippen molar-refractivity contribution in [3.05, 3.63) is 24.3 Å². The lowest BCUT2D eigenvalue weighted by Gasteiger charge is -2.15. The summed E-state index contributed by atoms with van der Waals surface area (Å²) in [6, 6.07) is 8.43. The average Bonchev–Trinajstić information content (AvgIpc) is 3.13. The highest BCUT2D eigenvalue weighted by atomic mass is 16.1. The lowest BCUT2D eigenvalue weighted by Crippen LogP contribution is -2.16. The van der Waals surface area contributed by atoms with E-state index in [1.807, 2.05) is 31.2 Å². The summed E-state index contributed by atoms with van der Waals surface area (Å²) < 4.78 is 0. The maximum absolute atomic E-state index is 11.3. The first-order chi connectivity index (χ1) is 8.67. The fourth-order valence-electron chi connectivity index (χ4n) is 2.13. The van der Waals surface area contributed by atoms with E-state index in [0.29, 0.717) is 12.5 Å². The summed E-state index contributed by atoms with van der Waals surface area (Å²) in [6.07, 6.45) is 4.53. The van der Waals surface area contributed by atoms with E-state index in [1.54, 1.807) is 0 Å². The zero-order chi connectivity index (χ0) is 13.0. The van der Waals surface area contributed by atoms with Gasteiger partial charge in [-0.05, 0) is 37.5 Å². The average molecular weight is 246 g/mol. The summed E-state index contributed by atoms with van der Waals surface area (Å²) in [6.45, 7) is 4.07. The van der Waals surface area contributed by atoms with E-state index in [9.17, 15) is 4.79 Å². The van der Waals surface area contributed by atoms with Gasteiger partial charge in [-0.3, -0.25) is 4.79 Å². The van der Waals surface area contributed by atoms with Gasteiger partial charge in [0.1, 0.15) is 0 Å². The molecule has 2 N–H and O–H groups in total. The van der Waals surface area contributed by atoms with Gasteiger partial charge in [0.05, 0.1) is 0 Å². The minimum absolute atomic E-state index is 0.0539. The number of carbonyl (C=O) groups is 1. The van der Waals surface area contributed by atoms with Crippen molar-refractivity contribution in [3.63, 3.8) is 0 Å². The van der Waals surface area contributed by atoms with Crippen molar-refractivity contribution < 1.29 is 4.79 Å². The van der Waals surface area contributed by atoms with E-state index >= 15 is 0 Å². The summed E-state index contributed by atoms with van der Waals surface area (Å²) in [5.74, 6) is 0.980. The van der Waals surface area contributed by atoms with Crippen LogP contribution in [0.4, 0.5) is 11.4 Å². The molecule has 1 fully saturated rings. The number of nitrogens with one attached hydrogen (secondary N) is 2. The van der Waals surface area contributed by atoms with Gasteiger partial charge in [0.15, 0.2) is 0 Å². The van der Waals surface area contributed by atoms with Crippen LogP contribution in [0.5, 0.6) is 0 Å². The van der Waals surface area contributed by atoms with Crippen LogP contribution >= 0.6 is 0 Å². The standard InChI is InChI=1S/C15H22N2O/c1-3-15(18)17-14-6-4-5-13(10-14)16-11(2)9-12-7-8-12/h4-6,10-12,16H,3,7-9H2,1-2H3,(H,17,18). The van der Waals surface area contributed by atoms with Gasteiger partial charge in [-0.15, -0.1) is 0 Å². The second-order valence-electron chi connectivity index (χ2n) is 5.21. The summed E-state index contributed by atoms with van der Waals surface area (Å²) in [5, 5.41) is 6.37. The minimum atomic E-state index is 0.0539. The molecule has 18 heavy (non-hydrogen) atoms. The fraction of sp³-hybridized carbons (Fsp3) is 0.533. The number of carbonyl (C=O) groups excluding carboxylic acids is 1. The second-order valence-corrected chi connectivity index (χ2v) is 5.21. The Morgan fingerprint density at radius 2 is 2.11 bits per heavy atom. The number of amides is 1. The van der Waals surface area contributed by atoms with E-state index in [0.717, 1.165) is 17.3 Å². The first kappa shape index (κ1) is 12.9. The van der Waals surface area contributed by atoms with Gasteiger partial charge in [0.2, 0.25) is 5.91 Å². The van der Waals surface area contributed by atoms with Gasteiger partial charge in [0.25, 0.3) is 0 Å². The number of hydrogen-bond donors (Lipinski definition) is 2. The van der Waals surface area contributed by atoms with Gasteiger partial charge in [-0.2, -0.15) is 0 Å². The van der Waals surface area contributed by atoms with Gasteiger partial charge >= 0.3 is 0 Å². The van der Waals surface area contributed by atoms with Crippen LogP contribution in [0, 0.1) is 5.92 Å². The SMILES string of the molecule is CCC(=O)Nc1cccc(NC(C)CC2CC2)c1. The molecule has 1 atom stereocenters. The Balaban J connectivity index is 1.91. The lowest BCUT2D eigenvalue weighted by atomic mass is 10.1. The molecule has 1 saturated carbocycles. The summed E-state index contributed by atoms with van der Waals surface area (Å²) in [7, 11) is 0. The normalized spacial score (nSPS) is 16.1. The third-order valence-electron chi connectivity index (χ3n) is 3.26. The third kappa shape index (κ3) is 4.06. The van der Waals surface area contributed by atoms with E-state index < -0.39 is 0 Å². The van der Waals surface area contributed by atoms with Crippen LogP contribution in [0.2, 0.25) is 0 Å². The fourth-order valence-corrected chi connectivity index (χ4v) is 2.13. The molecule has 1 unspecified atom stereocenters.